The van der Waals surface area contributed by atoms with Crippen molar-refractivity contribution in [3.05, 3.63) is 69.2 Å². The standard InChI is InChI=1S/C24H24N4O3S2/c1-25-9-11-27(12-10-25)21-17-7-3-4-8-19(17)26(2)22(29)18(21)14-20-23(30)28(24(32)33-20)15-16-6-5-13-31-16/h3-8,13-14H,9-12,15H2,1-2H3. The van der Waals surface area contributed by atoms with Crippen molar-refractivity contribution in [1.29, 1.82) is 0 Å². The van der Waals surface area contributed by atoms with E-state index in [4.69, 9.17) is 16.6 Å². The van der Waals surface area contributed by atoms with Gasteiger partial charge in [0.25, 0.3) is 11.5 Å². The van der Waals surface area contributed by atoms with E-state index >= 15 is 0 Å². The Morgan fingerprint density at radius 3 is 2.55 bits per heavy atom. The minimum absolute atomic E-state index is 0.126. The van der Waals surface area contributed by atoms with E-state index in [1.807, 2.05) is 30.3 Å². The molecule has 2 aliphatic heterocycles. The summed E-state index contributed by atoms with van der Waals surface area (Å²) in [4.78, 5) is 33.3. The Bertz CT molecular complexity index is 1320. The number of rotatable bonds is 4. The molecular weight excluding hydrogens is 456 g/mol. The SMILES string of the molecule is CN1CCN(c2c(C=C3SC(=S)N(Cc4ccco4)C3=O)c(=O)n(C)c3ccccc23)CC1. The van der Waals surface area contributed by atoms with Crippen molar-refractivity contribution in [3.63, 3.8) is 0 Å². The number of carbonyl (C=O) groups excluding carboxylic acids is 1. The minimum atomic E-state index is -0.207. The van der Waals surface area contributed by atoms with Gasteiger partial charge in [-0.1, -0.05) is 42.2 Å². The van der Waals surface area contributed by atoms with Crippen LogP contribution >= 0.6 is 24.0 Å². The highest BCUT2D eigenvalue weighted by atomic mass is 32.2. The van der Waals surface area contributed by atoms with Crippen molar-refractivity contribution in [1.82, 2.24) is 14.4 Å². The molecule has 2 fully saturated rings. The van der Waals surface area contributed by atoms with Gasteiger partial charge in [-0.15, -0.1) is 0 Å². The first-order chi connectivity index (χ1) is 15.9. The molecule has 9 heteroatoms. The number of anilines is 1. The van der Waals surface area contributed by atoms with Crippen molar-refractivity contribution in [2.24, 2.45) is 7.05 Å². The van der Waals surface area contributed by atoms with E-state index in [0.29, 0.717) is 20.5 Å². The second-order valence-electron chi connectivity index (χ2n) is 8.28. The summed E-state index contributed by atoms with van der Waals surface area (Å²) in [7, 11) is 3.88. The summed E-state index contributed by atoms with van der Waals surface area (Å²) in [5, 5.41) is 1.00. The van der Waals surface area contributed by atoms with Gasteiger partial charge < -0.3 is 18.8 Å². The van der Waals surface area contributed by atoms with Gasteiger partial charge in [0.2, 0.25) is 0 Å². The van der Waals surface area contributed by atoms with Gasteiger partial charge in [-0.05, 0) is 31.3 Å². The van der Waals surface area contributed by atoms with Crippen LogP contribution in [0.25, 0.3) is 17.0 Å². The number of likely N-dealkylation sites (N-methyl/N-ethyl adjacent to an activating group) is 1. The third-order valence-corrected chi connectivity index (χ3v) is 7.55. The number of nitrogens with zero attached hydrogens (tertiary/aromatic N) is 4. The zero-order chi connectivity index (χ0) is 23.1. The van der Waals surface area contributed by atoms with E-state index in [2.05, 4.69) is 16.8 Å². The largest absolute Gasteiger partial charge is 0.467 e. The van der Waals surface area contributed by atoms with Gasteiger partial charge >= 0.3 is 0 Å². The van der Waals surface area contributed by atoms with Gasteiger partial charge in [-0.2, -0.15) is 0 Å². The molecule has 0 aliphatic carbocycles. The normalized spacial score (nSPS) is 18.8. The molecule has 33 heavy (non-hydrogen) atoms. The number of thiocarbonyl (C=S) groups is 1. The maximum Gasteiger partial charge on any atom is 0.266 e. The Morgan fingerprint density at radius 1 is 1.06 bits per heavy atom. The van der Waals surface area contributed by atoms with Crippen LogP contribution in [0.3, 0.4) is 0 Å². The smallest absolute Gasteiger partial charge is 0.266 e. The molecule has 2 saturated heterocycles. The summed E-state index contributed by atoms with van der Waals surface area (Å²) < 4.78 is 7.51. The number of piperazine rings is 1. The van der Waals surface area contributed by atoms with E-state index in [1.54, 1.807) is 30.0 Å². The number of thioether (sulfide) groups is 1. The molecule has 0 spiro atoms. The van der Waals surface area contributed by atoms with Crippen LogP contribution in [-0.2, 0) is 18.4 Å². The third kappa shape index (κ3) is 4.01. The molecule has 2 aliphatic rings. The maximum atomic E-state index is 13.5. The Balaban J connectivity index is 1.62. The van der Waals surface area contributed by atoms with Crippen LogP contribution in [0, 0.1) is 0 Å². The number of aromatic nitrogens is 1. The highest BCUT2D eigenvalue weighted by Crippen LogP contribution is 2.36. The van der Waals surface area contributed by atoms with Gasteiger partial charge in [0.05, 0.1) is 34.5 Å². The summed E-state index contributed by atoms with van der Waals surface area (Å²) in [6.45, 7) is 3.72. The molecule has 0 radical (unpaired) electrons. The first-order valence-corrected chi connectivity index (χ1v) is 12.0. The molecule has 1 aromatic carbocycles. The number of amides is 1. The third-order valence-electron chi connectivity index (χ3n) is 6.17. The highest BCUT2D eigenvalue weighted by molar-refractivity contribution is 8.26. The van der Waals surface area contributed by atoms with E-state index in [-0.39, 0.29) is 18.0 Å². The fourth-order valence-electron chi connectivity index (χ4n) is 4.33. The number of pyridine rings is 1. The Labute approximate surface area is 201 Å². The molecule has 3 aromatic rings. The zero-order valence-corrected chi connectivity index (χ0v) is 20.1. The molecule has 0 saturated carbocycles. The lowest BCUT2D eigenvalue weighted by molar-refractivity contribution is -0.122. The molecular formula is C24H24N4O3S2. The minimum Gasteiger partial charge on any atom is -0.467 e. The van der Waals surface area contributed by atoms with E-state index in [0.717, 1.165) is 42.8 Å². The summed E-state index contributed by atoms with van der Waals surface area (Å²) in [6, 6.07) is 11.5. The number of carbonyl (C=O) groups is 1. The number of benzene rings is 1. The number of aryl methyl sites for hydroxylation is 1. The molecule has 4 heterocycles. The van der Waals surface area contributed by atoms with E-state index in [9.17, 15) is 9.59 Å². The van der Waals surface area contributed by atoms with Crippen molar-refractivity contribution >= 4 is 56.9 Å². The monoisotopic (exact) mass is 480 g/mol. The summed E-state index contributed by atoms with van der Waals surface area (Å²) in [5.74, 6) is 0.452. The van der Waals surface area contributed by atoms with Crippen LogP contribution in [0.5, 0.6) is 0 Å². The molecule has 0 unspecified atom stereocenters. The molecule has 7 nitrogen and oxygen atoms in total. The summed E-state index contributed by atoms with van der Waals surface area (Å²) >= 11 is 6.70. The zero-order valence-electron chi connectivity index (χ0n) is 18.5. The maximum absolute atomic E-state index is 13.5. The second kappa shape index (κ2) is 8.81. The Hall–Kier alpha value is -2.88. The number of hydrogen-bond donors (Lipinski definition) is 0. The summed E-state index contributed by atoms with van der Waals surface area (Å²) in [6.07, 6.45) is 3.30. The van der Waals surface area contributed by atoms with Crippen molar-refractivity contribution in [2.75, 3.05) is 38.1 Å². The van der Waals surface area contributed by atoms with Crippen LogP contribution in [0.15, 0.2) is 56.8 Å². The quantitative estimate of drug-likeness (QED) is 0.420. The fraction of sp³-hybridized carbons (Fsp3) is 0.292. The Morgan fingerprint density at radius 2 is 1.82 bits per heavy atom. The van der Waals surface area contributed by atoms with Crippen LogP contribution in [0.1, 0.15) is 11.3 Å². The molecule has 0 atom stereocenters. The molecule has 5 rings (SSSR count). The lowest BCUT2D eigenvalue weighted by Gasteiger charge is -2.35. The van der Waals surface area contributed by atoms with Crippen LogP contribution in [0.2, 0.25) is 0 Å². The van der Waals surface area contributed by atoms with Crippen molar-refractivity contribution in [2.45, 2.75) is 6.54 Å². The van der Waals surface area contributed by atoms with Gasteiger partial charge in [0.15, 0.2) is 0 Å². The topological polar surface area (TPSA) is 61.9 Å². The fourth-order valence-corrected chi connectivity index (χ4v) is 5.57. The van der Waals surface area contributed by atoms with Crippen LogP contribution in [0.4, 0.5) is 5.69 Å². The van der Waals surface area contributed by atoms with Crippen LogP contribution in [-0.4, -0.2) is 57.8 Å². The average molecular weight is 481 g/mol. The number of para-hydroxylation sites is 1. The van der Waals surface area contributed by atoms with Gasteiger partial charge in [0, 0.05) is 38.6 Å². The first-order valence-electron chi connectivity index (χ1n) is 10.8. The second-order valence-corrected chi connectivity index (χ2v) is 9.96. The van der Waals surface area contributed by atoms with Crippen LogP contribution < -0.4 is 10.5 Å². The molecule has 2 aromatic heterocycles. The van der Waals surface area contributed by atoms with E-state index in [1.165, 1.54) is 16.7 Å². The average Bonchev–Trinajstić information content (AvgIpc) is 3.42. The number of hydrogen-bond acceptors (Lipinski definition) is 7. The van der Waals surface area contributed by atoms with E-state index < -0.39 is 0 Å². The Kier molecular flexibility index (Phi) is 5.86. The molecule has 0 bridgehead atoms. The molecule has 170 valence electrons. The molecule has 0 N–H and O–H groups in total. The van der Waals surface area contributed by atoms with Gasteiger partial charge in [-0.3, -0.25) is 14.5 Å². The lowest BCUT2D eigenvalue weighted by Crippen LogP contribution is -2.45. The number of furan rings is 1. The predicted molar refractivity (Wildman–Crippen MR) is 136 cm³/mol. The predicted octanol–water partition coefficient (Wildman–Crippen LogP) is 3.28. The first kappa shape index (κ1) is 21.9. The summed E-state index contributed by atoms with van der Waals surface area (Å²) in [5.41, 5.74) is 2.16. The van der Waals surface area contributed by atoms with Crippen molar-refractivity contribution in [3.8, 4) is 0 Å². The van der Waals surface area contributed by atoms with Gasteiger partial charge in [-0.25, -0.2) is 0 Å². The van der Waals surface area contributed by atoms with Gasteiger partial charge in [0.1, 0.15) is 10.1 Å². The molecule has 1 amide bonds. The van der Waals surface area contributed by atoms with Crippen molar-refractivity contribution < 1.29 is 9.21 Å². The highest BCUT2D eigenvalue weighted by Gasteiger charge is 2.33. The number of fused-ring (bicyclic) bond motifs is 1. The lowest BCUT2D eigenvalue weighted by atomic mass is 10.1.